The van der Waals surface area contributed by atoms with Crippen molar-refractivity contribution in [3.8, 4) is 17.1 Å². The molecule has 0 N–H and O–H groups in total. The number of pyridine rings is 1. The number of hydrogen-bond acceptors (Lipinski definition) is 4. The molecule has 2 heterocycles. The van der Waals surface area contributed by atoms with Crippen LogP contribution >= 0.6 is 11.6 Å². The van der Waals surface area contributed by atoms with Crippen molar-refractivity contribution < 1.29 is 4.74 Å². The smallest absolute Gasteiger partial charge is 0.213 e. The van der Waals surface area contributed by atoms with Gasteiger partial charge in [-0.2, -0.15) is 0 Å². The second-order valence-corrected chi connectivity index (χ2v) is 4.66. The molecule has 100 valence electrons. The van der Waals surface area contributed by atoms with E-state index in [2.05, 4.69) is 21.9 Å². The minimum atomic E-state index is 0.521. The highest BCUT2D eigenvalue weighted by molar-refractivity contribution is 6.33. The fourth-order valence-electron chi connectivity index (χ4n) is 1.88. The quantitative estimate of drug-likeness (QED) is 0.859. The lowest BCUT2D eigenvalue weighted by molar-refractivity contribution is 0.398. The van der Waals surface area contributed by atoms with E-state index in [1.165, 1.54) is 0 Å². The Morgan fingerprint density at radius 1 is 1.26 bits per heavy atom. The topological polar surface area (TPSA) is 47.9 Å². The number of nitrogens with zero attached hydrogens (tertiary/aromatic N) is 3. The molecule has 2 rings (SSSR count). The van der Waals surface area contributed by atoms with Crippen LogP contribution in [-0.2, 0) is 6.42 Å². The van der Waals surface area contributed by atoms with Crippen molar-refractivity contribution in [2.45, 2.75) is 26.7 Å². The van der Waals surface area contributed by atoms with Crippen molar-refractivity contribution in [3.63, 3.8) is 0 Å². The standard InChI is InChI=1S/C14H16ClN3O/c1-4-5-10-6-13(18-9(2)17-10)11-7-14(19-3)16-8-12(11)15/h6-8H,4-5H2,1-3H3. The summed E-state index contributed by atoms with van der Waals surface area (Å²) in [4.78, 5) is 12.9. The molecule has 0 spiro atoms. The van der Waals surface area contributed by atoms with E-state index in [0.29, 0.717) is 10.9 Å². The molecule has 19 heavy (non-hydrogen) atoms. The number of rotatable bonds is 4. The number of halogens is 1. The van der Waals surface area contributed by atoms with Crippen LogP contribution in [0.2, 0.25) is 5.02 Å². The molecule has 0 saturated heterocycles. The van der Waals surface area contributed by atoms with Crippen molar-refractivity contribution in [2.75, 3.05) is 7.11 Å². The fraction of sp³-hybridized carbons (Fsp3) is 0.357. The molecule has 0 saturated carbocycles. The predicted molar refractivity (Wildman–Crippen MR) is 75.6 cm³/mol. The molecule has 2 aromatic heterocycles. The molecular weight excluding hydrogens is 262 g/mol. The van der Waals surface area contributed by atoms with E-state index in [9.17, 15) is 0 Å². The van der Waals surface area contributed by atoms with Gasteiger partial charge in [-0.05, 0) is 19.4 Å². The molecule has 4 nitrogen and oxygen atoms in total. The van der Waals surface area contributed by atoms with Crippen LogP contribution in [0.4, 0.5) is 0 Å². The minimum Gasteiger partial charge on any atom is -0.481 e. The molecule has 0 amide bonds. The molecule has 0 atom stereocenters. The summed E-state index contributed by atoms with van der Waals surface area (Å²) in [5, 5.41) is 0.557. The first-order valence-corrected chi connectivity index (χ1v) is 6.56. The van der Waals surface area contributed by atoms with Crippen molar-refractivity contribution >= 4 is 11.6 Å². The summed E-state index contributed by atoms with van der Waals surface area (Å²) in [5.41, 5.74) is 2.65. The highest BCUT2D eigenvalue weighted by Crippen LogP contribution is 2.29. The van der Waals surface area contributed by atoms with E-state index in [1.807, 2.05) is 13.0 Å². The van der Waals surface area contributed by atoms with Crippen molar-refractivity contribution in [2.24, 2.45) is 0 Å². The third kappa shape index (κ3) is 3.20. The Hall–Kier alpha value is -1.68. The number of ether oxygens (including phenoxy) is 1. The minimum absolute atomic E-state index is 0.521. The Morgan fingerprint density at radius 2 is 2.05 bits per heavy atom. The van der Waals surface area contributed by atoms with Gasteiger partial charge in [-0.1, -0.05) is 24.9 Å². The predicted octanol–water partition coefficient (Wildman–Crippen LogP) is 3.46. The van der Waals surface area contributed by atoms with E-state index < -0.39 is 0 Å². The molecule has 0 aromatic carbocycles. The van der Waals surface area contributed by atoms with Crippen LogP contribution in [0.25, 0.3) is 11.3 Å². The van der Waals surface area contributed by atoms with Crippen molar-refractivity contribution in [3.05, 3.63) is 34.9 Å². The molecule has 0 radical (unpaired) electrons. The summed E-state index contributed by atoms with van der Waals surface area (Å²) in [6.07, 6.45) is 3.55. The Bertz CT molecular complexity index is 587. The maximum Gasteiger partial charge on any atom is 0.213 e. The first kappa shape index (κ1) is 13.7. The Balaban J connectivity index is 2.51. The molecule has 0 aliphatic rings. The van der Waals surface area contributed by atoms with Gasteiger partial charge in [-0.15, -0.1) is 0 Å². The third-order valence-electron chi connectivity index (χ3n) is 2.71. The molecule has 0 unspecified atom stereocenters. The SMILES string of the molecule is CCCc1cc(-c2cc(OC)ncc2Cl)nc(C)n1. The van der Waals surface area contributed by atoms with Gasteiger partial charge < -0.3 is 4.74 Å². The largest absolute Gasteiger partial charge is 0.481 e. The van der Waals surface area contributed by atoms with Gasteiger partial charge in [0.25, 0.3) is 0 Å². The fourth-order valence-corrected chi connectivity index (χ4v) is 2.08. The van der Waals surface area contributed by atoms with Crippen LogP contribution in [0.1, 0.15) is 24.9 Å². The summed E-state index contributed by atoms with van der Waals surface area (Å²) in [6.45, 7) is 4.01. The van der Waals surface area contributed by atoms with Gasteiger partial charge >= 0.3 is 0 Å². The Kier molecular flexibility index (Phi) is 4.32. The van der Waals surface area contributed by atoms with Crippen molar-refractivity contribution in [1.82, 2.24) is 15.0 Å². The molecule has 0 aliphatic heterocycles. The molecule has 0 fully saturated rings. The summed E-state index contributed by atoms with van der Waals surface area (Å²) < 4.78 is 5.13. The number of methoxy groups -OCH3 is 1. The summed E-state index contributed by atoms with van der Waals surface area (Å²) >= 11 is 6.19. The van der Waals surface area contributed by atoms with Gasteiger partial charge in [0.15, 0.2) is 0 Å². The van der Waals surface area contributed by atoms with Gasteiger partial charge in [0.2, 0.25) is 5.88 Å². The van der Waals surface area contributed by atoms with Crippen LogP contribution in [0.3, 0.4) is 0 Å². The average molecular weight is 278 g/mol. The van der Waals surface area contributed by atoms with E-state index in [0.717, 1.165) is 35.6 Å². The van der Waals surface area contributed by atoms with Crippen LogP contribution in [0.15, 0.2) is 18.3 Å². The van der Waals surface area contributed by atoms with Gasteiger partial charge in [-0.3, -0.25) is 0 Å². The lowest BCUT2D eigenvalue weighted by Gasteiger charge is -2.08. The van der Waals surface area contributed by atoms with Gasteiger partial charge in [0.1, 0.15) is 5.82 Å². The lowest BCUT2D eigenvalue weighted by Crippen LogP contribution is -1.98. The Labute approximate surface area is 117 Å². The highest BCUT2D eigenvalue weighted by atomic mass is 35.5. The first-order chi connectivity index (χ1) is 9.13. The van der Waals surface area contributed by atoms with Gasteiger partial charge in [0.05, 0.1) is 24.0 Å². The van der Waals surface area contributed by atoms with Gasteiger partial charge in [0, 0.05) is 17.3 Å². The van der Waals surface area contributed by atoms with E-state index >= 15 is 0 Å². The van der Waals surface area contributed by atoms with E-state index in [4.69, 9.17) is 16.3 Å². The summed E-state index contributed by atoms with van der Waals surface area (Å²) in [6, 6.07) is 3.76. The number of aromatic nitrogens is 3. The molecule has 0 aliphatic carbocycles. The van der Waals surface area contributed by atoms with Crippen LogP contribution in [0.5, 0.6) is 5.88 Å². The Morgan fingerprint density at radius 3 is 2.74 bits per heavy atom. The molecule has 2 aromatic rings. The zero-order valence-corrected chi connectivity index (χ0v) is 12.0. The normalized spacial score (nSPS) is 10.5. The number of hydrogen-bond donors (Lipinski definition) is 0. The summed E-state index contributed by atoms with van der Waals surface area (Å²) in [7, 11) is 1.58. The summed E-state index contributed by atoms with van der Waals surface area (Å²) in [5.74, 6) is 1.26. The maximum atomic E-state index is 6.19. The highest BCUT2D eigenvalue weighted by Gasteiger charge is 2.10. The first-order valence-electron chi connectivity index (χ1n) is 6.18. The average Bonchev–Trinajstić information content (AvgIpc) is 2.39. The van der Waals surface area contributed by atoms with Gasteiger partial charge in [-0.25, -0.2) is 15.0 Å². The zero-order chi connectivity index (χ0) is 13.8. The molecular formula is C14H16ClN3O. The van der Waals surface area contributed by atoms with E-state index in [1.54, 1.807) is 19.4 Å². The number of aryl methyl sites for hydroxylation is 2. The zero-order valence-electron chi connectivity index (χ0n) is 11.3. The second-order valence-electron chi connectivity index (χ2n) is 4.25. The van der Waals surface area contributed by atoms with Crippen LogP contribution in [0, 0.1) is 6.92 Å². The third-order valence-corrected chi connectivity index (χ3v) is 3.01. The molecule has 0 bridgehead atoms. The van der Waals surface area contributed by atoms with Crippen LogP contribution < -0.4 is 4.74 Å². The van der Waals surface area contributed by atoms with E-state index in [-0.39, 0.29) is 0 Å². The monoisotopic (exact) mass is 277 g/mol. The molecule has 5 heteroatoms. The second kappa shape index (κ2) is 5.97. The lowest BCUT2D eigenvalue weighted by atomic mass is 10.1. The van der Waals surface area contributed by atoms with Crippen LogP contribution in [-0.4, -0.2) is 22.1 Å². The van der Waals surface area contributed by atoms with Crippen molar-refractivity contribution in [1.29, 1.82) is 0 Å². The maximum absolute atomic E-state index is 6.19.